The smallest absolute Gasteiger partial charge is 0.306 e. The number of aromatic nitrogens is 2. The Labute approximate surface area is 115 Å². The highest BCUT2D eigenvalue weighted by atomic mass is 35.5. The van der Waals surface area contributed by atoms with E-state index in [1.165, 1.54) is 18.9 Å². The third kappa shape index (κ3) is 5.66. The van der Waals surface area contributed by atoms with E-state index < -0.39 is 0 Å². The molecule has 0 amide bonds. The van der Waals surface area contributed by atoms with Crippen LogP contribution in [0.15, 0.2) is 11.1 Å². The maximum absolute atomic E-state index is 11.0. The molecule has 0 spiro atoms. The highest BCUT2D eigenvalue weighted by Gasteiger charge is 2.06. The van der Waals surface area contributed by atoms with Gasteiger partial charge in [-0.15, -0.1) is 11.8 Å². The average molecular weight is 291 g/mol. The normalized spacial score (nSPS) is 10.4. The molecule has 0 aliphatic rings. The van der Waals surface area contributed by atoms with Crippen molar-refractivity contribution in [1.29, 1.82) is 0 Å². The number of thioether (sulfide) groups is 1. The van der Waals surface area contributed by atoms with E-state index in [1.807, 2.05) is 6.92 Å². The number of nitrogens with zero attached hydrogens (tertiary/aromatic N) is 2. The molecule has 0 fully saturated rings. The van der Waals surface area contributed by atoms with Crippen LogP contribution in [0.25, 0.3) is 0 Å². The van der Waals surface area contributed by atoms with Gasteiger partial charge in [-0.3, -0.25) is 4.79 Å². The molecule has 1 rings (SSSR count). The largest absolute Gasteiger partial charge is 0.469 e. The lowest BCUT2D eigenvalue weighted by atomic mass is 10.5. The van der Waals surface area contributed by atoms with Gasteiger partial charge in [-0.25, -0.2) is 9.97 Å². The van der Waals surface area contributed by atoms with Crippen molar-refractivity contribution in [3.8, 4) is 0 Å². The SMILES string of the molecule is CCOCc1nc(Cl)cc(SCCC(=O)OC)n1. The third-order valence-electron chi connectivity index (χ3n) is 1.94. The number of carbonyl (C=O) groups is 1. The number of carbonyl (C=O) groups excluding carboxylic acids is 1. The predicted octanol–water partition coefficient (Wildman–Crippen LogP) is 2.32. The van der Waals surface area contributed by atoms with Gasteiger partial charge in [-0.1, -0.05) is 11.6 Å². The molecule has 0 N–H and O–H groups in total. The lowest BCUT2D eigenvalue weighted by Crippen LogP contribution is -2.03. The summed E-state index contributed by atoms with van der Waals surface area (Å²) in [5.74, 6) is 0.899. The molecular weight excluding hydrogens is 276 g/mol. The third-order valence-corrected chi connectivity index (χ3v) is 3.04. The summed E-state index contributed by atoms with van der Waals surface area (Å²) in [5.41, 5.74) is 0. The zero-order chi connectivity index (χ0) is 13.4. The Morgan fingerprint density at radius 3 is 2.94 bits per heavy atom. The van der Waals surface area contributed by atoms with E-state index in [4.69, 9.17) is 16.3 Å². The number of ether oxygens (including phenoxy) is 2. The number of esters is 1. The van der Waals surface area contributed by atoms with Gasteiger partial charge in [0.05, 0.1) is 13.5 Å². The minimum Gasteiger partial charge on any atom is -0.469 e. The molecule has 0 aliphatic carbocycles. The van der Waals surface area contributed by atoms with E-state index in [9.17, 15) is 4.79 Å². The number of hydrogen-bond acceptors (Lipinski definition) is 6. The van der Waals surface area contributed by atoms with Crippen LogP contribution in [0.5, 0.6) is 0 Å². The van der Waals surface area contributed by atoms with Gasteiger partial charge in [0, 0.05) is 18.4 Å². The van der Waals surface area contributed by atoms with Crippen LogP contribution in [0.4, 0.5) is 0 Å². The molecule has 0 unspecified atom stereocenters. The van der Waals surface area contributed by atoms with Crippen LogP contribution < -0.4 is 0 Å². The van der Waals surface area contributed by atoms with Crippen LogP contribution in [0, 0.1) is 0 Å². The van der Waals surface area contributed by atoms with E-state index in [0.29, 0.717) is 36.4 Å². The molecule has 0 saturated heterocycles. The van der Waals surface area contributed by atoms with E-state index >= 15 is 0 Å². The molecule has 1 heterocycles. The summed E-state index contributed by atoms with van der Waals surface area (Å²) in [5, 5.41) is 1.11. The van der Waals surface area contributed by atoms with Crippen LogP contribution in [-0.2, 0) is 20.9 Å². The maximum Gasteiger partial charge on any atom is 0.306 e. The Kier molecular flexibility index (Phi) is 7.00. The second kappa shape index (κ2) is 8.29. The van der Waals surface area contributed by atoms with Gasteiger partial charge in [-0.05, 0) is 6.92 Å². The number of halogens is 1. The Balaban J connectivity index is 2.54. The van der Waals surface area contributed by atoms with E-state index in [2.05, 4.69) is 14.7 Å². The monoisotopic (exact) mass is 290 g/mol. The Morgan fingerprint density at radius 1 is 1.50 bits per heavy atom. The van der Waals surface area contributed by atoms with E-state index in [0.717, 1.165) is 5.03 Å². The first-order valence-corrected chi connectivity index (χ1v) is 6.83. The summed E-state index contributed by atoms with van der Waals surface area (Å²) >= 11 is 7.32. The van der Waals surface area contributed by atoms with Crippen LogP contribution in [-0.4, -0.2) is 35.4 Å². The molecule has 0 atom stereocenters. The fourth-order valence-corrected chi connectivity index (χ4v) is 2.22. The molecule has 1 aromatic rings. The first kappa shape index (κ1) is 15.2. The van der Waals surface area contributed by atoms with Crippen molar-refractivity contribution in [2.45, 2.75) is 25.0 Å². The highest BCUT2D eigenvalue weighted by Crippen LogP contribution is 2.19. The Bertz CT molecular complexity index is 404. The molecule has 0 saturated carbocycles. The first-order valence-electron chi connectivity index (χ1n) is 5.46. The number of methoxy groups -OCH3 is 1. The van der Waals surface area contributed by atoms with Crippen molar-refractivity contribution in [2.75, 3.05) is 19.5 Å². The zero-order valence-electron chi connectivity index (χ0n) is 10.3. The van der Waals surface area contributed by atoms with Crippen molar-refractivity contribution in [3.63, 3.8) is 0 Å². The first-order chi connectivity index (χ1) is 8.65. The minimum atomic E-state index is -0.239. The zero-order valence-corrected chi connectivity index (χ0v) is 11.9. The summed E-state index contributed by atoms with van der Waals surface area (Å²) in [6, 6.07) is 1.67. The van der Waals surface area contributed by atoms with Crippen molar-refractivity contribution in [1.82, 2.24) is 9.97 Å². The second-order valence-corrected chi connectivity index (χ2v) is 4.76. The lowest BCUT2D eigenvalue weighted by molar-refractivity contribution is -0.140. The van der Waals surface area contributed by atoms with Crippen molar-refractivity contribution in [2.24, 2.45) is 0 Å². The van der Waals surface area contributed by atoms with Gasteiger partial charge < -0.3 is 9.47 Å². The van der Waals surface area contributed by atoms with Crippen molar-refractivity contribution < 1.29 is 14.3 Å². The van der Waals surface area contributed by atoms with Crippen LogP contribution in [0.2, 0.25) is 5.15 Å². The lowest BCUT2D eigenvalue weighted by Gasteiger charge is -2.04. The predicted molar refractivity (Wildman–Crippen MR) is 69.7 cm³/mol. The van der Waals surface area contributed by atoms with Gasteiger partial charge in [0.2, 0.25) is 0 Å². The number of hydrogen-bond donors (Lipinski definition) is 0. The van der Waals surface area contributed by atoms with Crippen LogP contribution in [0.3, 0.4) is 0 Å². The molecule has 5 nitrogen and oxygen atoms in total. The quantitative estimate of drug-likeness (QED) is 0.436. The molecule has 18 heavy (non-hydrogen) atoms. The second-order valence-electron chi connectivity index (χ2n) is 3.26. The Hall–Kier alpha value is -0.850. The summed E-state index contributed by atoms with van der Waals surface area (Å²) in [6.45, 7) is 2.83. The van der Waals surface area contributed by atoms with Gasteiger partial charge >= 0.3 is 5.97 Å². The van der Waals surface area contributed by atoms with Crippen LogP contribution in [0.1, 0.15) is 19.2 Å². The van der Waals surface area contributed by atoms with Gasteiger partial charge in [0.1, 0.15) is 16.8 Å². The van der Waals surface area contributed by atoms with Crippen LogP contribution >= 0.6 is 23.4 Å². The standard InChI is InChI=1S/C11H15ClN2O3S/c1-3-17-7-9-13-8(12)6-10(14-9)18-5-4-11(15)16-2/h6H,3-5,7H2,1-2H3. The molecule has 0 aliphatic heterocycles. The van der Waals surface area contributed by atoms with Gasteiger partial charge in [-0.2, -0.15) is 0 Å². The van der Waals surface area contributed by atoms with Crippen molar-refractivity contribution in [3.05, 3.63) is 17.0 Å². The average Bonchev–Trinajstić information content (AvgIpc) is 2.35. The summed E-state index contributed by atoms with van der Waals surface area (Å²) in [6.07, 6.45) is 0.337. The van der Waals surface area contributed by atoms with E-state index in [1.54, 1.807) is 6.07 Å². The fourth-order valence-electron chi connectivity index (χ4n) is 1.11. The fraction of sp³-hybridized carbons (Fsp3) is 0.545. The summed E-state index contributed by atoms with van der Waals surface area (Å²) < 4.78 is 9.78. The molecule has 0 radical (unpaired) electrons. The molecule has 0 bridgehead atoms. The molecule has 0 aromatic carbocycles. The Morgan fingerprint density at radius 2 is 2.28 bits per heavy atom. The minimum absolute atomic E-state index is 0.239. The topological polar surface area (TPSA) is 61.3 Å². The van der Waals surface area contributed by atoms with Gasteiger partial charge in [0.25, 0.3) is 0 Å². The summed E-state index contributed by atoms with van der Waals surface area (Å²) in [4.78, 5) is 19.3. The molecule has 1 aromatic heterocycles. The van der Waals surface area contributed by atoms with Crippen molar-refractivity contribution >= 4 is 29.3 Å². The van der Waals surface area contributed by atoms with E-state index in [-0.39, 0.29) is 5.97 Å². The number of rotatable bonds is 7. The highest BCUT2D eigenvalue weighted by molar-refractivity contribution is 7.99. The summed E-state index contributed by atoms with van der Waals surface area (Å²) in [7, 11) is 1.37. The molecular formula is C11H15ClN2O3S. The molecule has 7 heteroatoms. The molecule has 100 valence electrons. The van der Waals surface area contributed by atoms with Gasteiger partial charge in [0.15, 0.2) is 5.82 Å². The maximum atomic E-state index is 11.0.